The molecule has 4 nitrogen and oxygen atoms in total. The molecule has 2 amide bonds. The zero-order valence-corrected chi connectivity index (χ0v) is 14.1. The number of rotatable bonds is 2. The van der Waals surface area contributed by atoms with Crippen molar-refractivity contribution in [1.82, 2.24) is 10.2 Å². The number of nitrogens with one attached hydrogen (secondary N) is 1. The quantitative estimate of drug-likeness (QED) is 0.912. The maximum absolute atomic E-state index is 12.8. The van der Waals surface area contributed by atoms with Gasteiger partial charge in [0.05, 0.1) is 0 Å². The van der Waals surface area contributed by atoms with Crippen LogP contribution in [-0.4, -0.2) is 22.8 Å². The number of amides is 2. The molecule has 1 atom stereocenters. The molecule has 0 spiro atoms. The lowest BCUT2D eigenvalue weighted by Gasteiger charge is -2.30. The molecule has 1 saturated heterocycles. The summed E-state index contributed by atoms with van der Waals surface area (Å²) in [6.07, 6.45) is 2.31. The second-order valence-electron chi connectivity index (χ2n) is 7.81. The van der Waals surface area contributed by atoms with E-state index in [0.29, 0.717) is 13.0 Å². The molecular formula is C19H24N2O2. The Morgan fingerprint density at radius 2 is 2.04 bits per heavy atom. The first-order valence-electron chi connectivity index (χ1n) is 8.16. The molecule has 1 aromatic carbocycles. The SMILES string of the molecule is C=C1CCC(N2Cc3ccc(CC(C)(C)C)cc3C2=O)C(=O)N1. The first kappa shape index (κ1) is 15.8. The number of nitrogens with zero attached hydrogens (tertiary/aromatic N) is 1. The molecule has 0 saturated carbocycles. The maximum atomic E-state index is 12.8. The summed E-state index contributed by atoms with van der Waals surface area (Å²) in [4.78, 5) is 26.6. The van der Waals surface area contributed by atoms with Crippen LogP contribution < -0.4 is 5.32 Å². The van der Waals surface area contributed by atoms with Gasteiger partial charge in [0.15, 0.2) is 0 Å². The standard InChI is InChI=1S/C19H24N2O2/c1-12-5-8-16(17(22)20-12)21-11-14-7-6-13(10-19(2,3)4)9-15(14)18(21)23/h6-7,9,16H,1,5,8,10-11H2,2-4H3,(H,20,22). The molecule has 2 aliphatic heterocycles. The summed E-state index contributed by atoms with van der Waals surface area (Å²) < 4.78 is 0. The van der Waals surface area contributed by atoms with Crippen molar-refractivity contribution in [3.63, 3.8) is 0 Å². The molecule has 0 bridgehead atoms. The van der Waals surface area contributed by atoms with Crippen molar-refractivity contribution in [2.75, 3.05) is 0 Å². The summed E-state index contributed by atoms with van der Waals surface area (Å²) in [6, 6.07) is 5.76. The number of hydrogen-bond donors (Lipinski definition) is 1. The smallest absolute Gasteiger partial charge is 0.255 e. The molecule has 1 N–H and O–H groups in total. The number of piperidine rings is 1. The highest BCUT2D eigenvalue weighted by Crippen LogP contribution is 2.30. The van der Waals surface area contributed by atoms with E-state index in [9.17, 15) is 9.59 Å². The molecule has 1 unspecified atom stereocenters. The summed E-state index contributed by atoms with van der Waals surface area (Å²) in [5, 5.41) is 2.77. The van der Waals surface area contributed by atoms with Crippen molar-refractivity contribution in [3.05, 3.63) is 47.2 Å². The van der Waals surface area contributed by atoms with E-state index in [1.807, 2.05) is 12.1 Å². The van der Waals surface area contributed by atoms with Gasteiger partial charge in [0.1, 0.15) is 6.04 Å². The number of hydrogen-bond acceptors (Lipinski definition) is 2. The zero-order chi connectivity index (χ0) is 16.8. The second-order valence-corrected chi connectivity index (χ2v) is 7.81. The van der Waals surface area contributed by atoms with E-state index >= 15 is 0 Å². The molecule has 2 heterocycles. The van der Waals surface area contributed by atoms with Gasteiger partial charge < -0.3 is 10.2 Å². The number of benzene rings is 1. The summed E-state index contributed by atoms with van der Waals surface area (Å²) in [7, 11) is 0. The van der Waals surface area contributed by atoms with Crippen molar-refractivity contribution < 1.29 is 9.59 Å². The van der Waals surface area contributed by atoms with Gasteiger partial charge in [0.25, 0.3) is 5.91 Å². The van der Waals surface area contributed by atoms with Gasteiger partial charge in [-0.25, -0.2) is 0 Å². The molecule has 2 aliphatic rings. The number of carbonyl (C=O) groups excluding carboxylic acids is 2. The Morgan fingerprint density at radius 3 is 2.70 bits per heavy atom. The molecule has 23 heavy (non-hydrogen) atoms. The minimum absolute atomic E-state index is 0.0246. The molecule has 4 heteroatoms. The van der Waals surface area contributed by atoms with Crippen molar-refractivity contribution in [2.45, 2.75) is 52.6 Å². The first-order chi connectivity index (χ1) is 10.7. The molecule has 0 aromatic heterocycles. The van der Waals surface area contributed by atoms with Gasteiger partial charge in [-0.3, -0.25) is 9.59 Å². The largest absolute Gasteiger partial charge is 0.329 e. The summed E-state index contributed by atoms with van der Waals surface area (Å²) in [6.45, 7) is 10.9. The van der Waals surface area contributed by atoms with E-state index < -0.39 is 0 Å². The lowest BCUT2D eigenvalue weighted by atomic mass is 9.87. The van der Waals surface area contributed by atoms with E-state index in [1.165, 1.54) is 5.56 Å². The van der Waals surface area contributed by atoms with E-state index in [-0.39, 0.29) is 23.3 Å². The fourth-order valence-corrected chi connectivity index (χ4v) is 3.40. The molecule has 3 rings (SSSR count). The Bertz CT molecular complexity index is 685. The van der Waals surface area contributed by atoms with Crippen LogP contribution in [0, 0.1) is 5.41 Å². The van der Waals surface area contributed by atoms with Gasteiger partial charge in [-0.1, -0.05) is 39.5 Å². The Hall–Kier alpha value is -2.10. The van der Waals surface area contributed by atoms with Gasteiger partial charge >= 0.3 is 0 Å². The molecular weight excluding hydrogens is 288 g/mol. The molecule has 1 aromatic rings. The van der Waals surface area contributed by atoms with Gasteiger partial charge in [-0.15, -0.1) is 0 Å². The highest BCUT2D eigenvalue weighted by Gasteiger charge is 2.38. The average molecular weight is 312 g/mol. The fourth-order valence-electron chi connectivity index (χ4n) is 3.40. The molecule has 122 valence electrons. The first-order valence-corrected chi connectivity index (χ1v) is 8.16. The minimum atomic E-state index is -0.383. The summed E-state index contributed by atoms with van der Waals surface area (Å²) in [5.41, 5.74) is 3.86. The van der Waals surface area contributed by atoms with Crippen molar-refractivity contribution in [3.8, 4) is 0 Å². The second kappa shape index (κ2) is 5.52. The number of carbonyl (C=O) groups is 2. The van der Waals surface area contributed by atoms with Crippen LogP contribution in [0.1, 0.15) is 55.1 Å². The molecule has 0 aliphatic carbocycles. The van der Waals surface area contributed by atoms with Crippen molar-refractivity contribution in [1.29, 1.82) is 0 Å². The maximum Gasteiger partial charge on any atom is 0.255 e. The predicted molar refractivity (Wildman–Crippen MR) is 89.8 cm³/mol. The van der Waals surface area contributed by atoms with E-state index in [2.05, 4.69) is 38.7 Å². The number of fused-ring (bicyclic) bond motifs is 1. The highest BCUT2D eigenvalue weighted by molar-refractivity contribution is 6.01. The monoisotopic (exact) mass is 312 g/mol. The van der Waals surface area contributed by atoms with Crippen LogP contribution in [0.2, 0.25) is 0 Å². The molecule has 1 fully saturated rings. The highest BCUT2D eigenvalue weighted by atomic mass is 16.2. The van der Waals surface area contributed by atoms with Gasteiger partial charge in [0.2, 0.25) is 5.91 Å². The van der Waals surface area contributed by atoms with Crippen LogP contribution in [0.15, 0.2) is 30.5 Å². The number of allylic oxidation sites excluding steroid dienone is 1. The average Bonchev–Trinajstić information content (AvgIpc) is 2.74. The van der Waals surface area contributed by atoms with E-state index in [1.54, 1.807) is 4.90 Å². The third kappa shape index (κ3) is 3.16. The van der Waals surface area contributed by atoms with Crippen LogP contribution >= 0.6 is 0 Å². The van der Waals surface area contributed by atoms with Gasteiger partial charge in [0, 0.05) is 17.8 Å². The normalized spacial score (nSPS) is 21.4. The summed E-state index contributed by atoms with van der Waals surface area (Å²) in [5.74, 6) is -0.138. The lowest BCUT2D eigenvalue weighted by Crippen LogP contribution is -2.49. The summed E-state index contributed by atoms with van der Waals surface area (Å²) >= 11 is 0. The predicted octanol–water partition coefficient (Wildman–Crippen LogP) is 3.02. The Balaban J connectivity index is 1.82. The van der Waals surface area contributed by atoms with Crippen LogP contribution in [0.5, 0.6) is 0 Å². The Labute approximate surface area is 137 Å². The van der Waals surface area contributed by atoms with Crippen LogP contribution in [0.3, 0.4) is 0 Å². The van der Waals surface area contributed by atoms with Crippen LogP contribution in [0.25, 0.3) is 0 Å². The van der Waals surface area contributed by atoms with E-state index in [4.69, 9.17) is 0 Å². The van der Waals surface area contributed by atoms with Gasteiger partial charge in [-0.2, -0.15) is 0 Å². The zero-order valence-electron chi connectivity index (χ0n) is 14.1. The molecule has 0 radical (unpaired) electrons. The van der Waals surface area contributed by atoms with Crippen LogP contribution in [-0.2, 0) is 17.8 Å². The van der Waals surface area contributed by atoms with Crippen molar-refractivity contribution >= 4 is 11.8 Å². The lowest BCUT2D eigenvalue weighted by molar-refractivity contribution is -0.126. The third-order valence-corrected chi connectivity index (χ3v) is 4.44. The minimum Gasteiger partial charge on any atom is -0.329 e. The Kier molecular flexibility index (Phi) is 3.78. The van der Waals surface area contributed by atoms with Crippen molar-refractivity contribution in [2.24, 2.45) is 5.41 Å². The van der Waals surface area contributed by atoms with Gasteiger partial charge in [-0.05, 0) is 41.9 Å². The topological polar surface area (TPSA) is 49.4 Å². The van der Waals surface area contributed by atoms with E-state index in [0.717, 1.165) is 29.7 Å². The fraction of sp³-hybridized carbons (Fsp3) is 0.474. The van der Waals surface area contributed by atoms with Crippen LogP contribution in [0.4, 0.5) is 0 Å². The Morgan fingerprint density at radius 1 is 1.30 bits per heavy atom. The third-order valence-electron chi connectivity index (χ3n) is 4.44.